The van der Waals surface area contributed by atoms with Gasteiger partial charge in [0.2, 0.25) is 0 Å². The van der Waals surface area contributed by atoms with Crippen molar-refractivity contribution >= 4 is 11.6 Å². The average Bonchev–Trinajstić information content (AvgIpc) is 2.80. The molecule has 0 N–H and O–H groups in total. The van der Waals surface area contributed by atoms with E-state index in [4.69, 9.17) is 21.1 Å². The molecular weight excluding hydrogens is 404 g/mol. The SMILES string of the molecule is CCCCOc1ccc(OC[C@H]2CC[C@H](CC(Cl)[C@H]3CC[C@H](CCC)CC3)CC2)cc1. The summed E-state index contributed by atoms with van der Waals surface area (Å²) in [6, 6.07) is 8.14. The van der Waals surface area contributed by atoms with Gasteiger partial charge in [-0.25, -0.2) is 0 Å². The van der Waals surface area contributed by atoms with Crippen molar-refractivity contribution in [2.24, 2.45) is 23.7 Å². The molecular formula is C28H45ClO2. The molecule has 0 aliphatic heterocycles. The van der Waals surface area contributed by atoms with E-state index in [1.54, 1.807) is 0 Å². The number of halogens is 1. The van der Waals surface area contributed by atoms with Gasteiger partial charge in [0, 0.05) is 5.38 Å². The fraction of sp³-hybridized carbons (Fsp3) is 0.786. The molecule has 2 aliphatic rings. The minimum Gasteiger partial charge on any atom is -0.494 e. The zero-order valence-electron chi connectivity index (χ0n) is 20.0. The summed E-state index contributed by atoms with van der Waals surface area (Å²) < 4.78 is 11.8. The highest BCUT2D eigenvalue weighted by Crippen LogP contribution is 2.39. The summed E-state index contributed by atoms with van der Waals surface area (Å²) in [5, 5.41) is 0.401. The predicted molar refractivity (Wildman–Crippen MR) is 132 cm³/mol. The van der Waals surface area contributed by atoms with Crippen LogP contribution in [0.25, 0.3) is 0 Å². The maximum absolute atomic E-state index is 6.91. The maximum atomic E-state index is 6.91. The van der Waals surface area contributed by atoms with E-state index >= 15 is 0 Å². The van der Waals surface area contributed by atoms with Gasteiger partial charge in [-0.3, -0.25) is 0 Å². The third-order valence-corrected chi connectivity index (χ3v) is 8.24. The fourth-order valence-electron chi connectivity index (χ4n) is 5.57. The van der Waals surface area contributed by atoms with Crippen LogP contribution in [-0.2, 0) is 0 Å². The molecule has 1 atom stereocenters. The summed E-state index contributed by atoms with van der Waals surface area (Å²) in [5.74, 6) is 5.16. The standard InChI is InChI=1S/C28H45ClO2/c1-3-5-19-30-26-15-17-27(18-16-26)31-21-24-9-7-23(8-10-24)20-28(29)25-13-11-22(6-4-2)12-14-25/h15-18,22-25,28H,3-14,19-21H2,1-2H3/t22-,23-,24-,25-,28?. The second-order valence-corrected chi connectivity index (χ2v) is 10.8. The third kappa shape index (κ3) is 8.52. The van der Waals surface area contributed by atoms with Gasteiger partial charge < -0.3 is 9.47 Å². The first-order valence-electron chi connectivity index (χ1n) is 13.2. The quantitative estimate of drug-likeness (QED) is 0.235. The molecule has 0 radical (unpaired) electrons. The fourth-order valence-corrected chi connectivity index (χ4v) is 6.08. The number of hydrogen-bond acceptors (Lipinski definition) is 2. The monoisotopic (exact) mass is 448 g/mol. The van der Waals surface area contributed by atoms with Crippen molar-refractivity contribution < 1.29 is 9.47 Å². The molecule has 0 aromatic heterocycles. The minimum absolute atomic E-state index is 0.401. The van der Waals surface area contributed by atoms with E-state index in [1.165, 1.54) is 70.6 Å². The highest BCUT2D eigenvalue weighted by molar-refractivity contribution is 6.20. The molecule has 2 aliphatic carbocycles. The Morgan fingerprint density at radius 1 is 0.774 bits per heavy atom. The van der Waals surface area contributed by atoms with Crippen molar-refractivity contribution in [2.75, 3.05) is 13.2 Å². The number of alkyl halides is 1. The molecule has 1 unspecified atom stereocenters. The van der Waals surface area contributed by atoms with E-state index in [2.05, 4.69) is 13.8 Å². The van der Waals surface area contributed by atoms with Crippen LogP contribution in [-0.4, -0.2) is 18.6 Å². The van der Waals surface area contributed by atoms with E-state index in [9.17, 15) is 0 Å². The molecule has 0 amide bonds. The number of hydrogen-bond donors (Lipinski definition) is 0. The molecule has 3 heteroatoms. The molecule has 1 aromatic carbocycles. The van der Waals surface area contributed by atoms with Gasteiger partial charge in [0.1, 0.15) is 11.5 Å². The topological polar surface area (TPSA) is 18.5 Å². The van der Waals surface area contributed by atoms with E-state index in [0.717, 1.165) is 55.3 Å². The lowest BCUT2D eigenvalue weighted by molar-refractivity contribution is 0.170. The molecule has 31 heavy (non-hydrogen) atoms. The molecule has 3 rings (SSSR count). The van der Waals surface area contributed by atoms with E-state index in [0.29, 0.717) is 11.3 Å². The Balaban J connectivity index is 1.30. The Bertz CT molecular complexity index is 586. The molecule has 0 saturated heterocycles. The predicted octanol–water partition coefficient (Wildman–Crippen LogP) is 8.65. The Labute approximate surface area is 196 Å². The Hall–Kier alpha value is -0.890. The first kappa shape index (κ1) is 24.7. The van der Waals surface area contributed by atoms with Crippen LogP contribution in [0.3, 0.4) is 0 Å². The van der Waals surface area contributed by atoms with Gasteiger partial charge in [-0.2, -0.15) is 0 Å². The molecule has 0 heterocycles. The average molecular weight is 449 g/mol. The van der Waals surface area contributed by atoms with Gasteiger partial charge in [-0.05, 0) is 86.5 Å². The van der Waals surface area contributed by atoms with Crippen molar-refractivity contribution in [1.82, 2.24) is 0 Å². The van der Waals surface area contributed by atoms with Crippen LogP contribution < -0.4 is 9.47 Å². The van der Waals surface area contributed by atoms with Crippen LogP contribution in [0.15, 0.2) is 24.3 Å². The summed E-state index contributed by atoms with van der Waals surface area (Å²) in [5.41, 5.74) is 0. The molecule has 2 fully saturated rings. The first-order valence-corrected chi connectivity index (χ1v) is 13.6. The zero-order valence-corrected chi connectivity index (χ0v) is 20.8. The van der Waals surface area contributed by atoms with Gasteiger partial charge in [0.05, 0.1) is 13.2 Å². The van der Waals surface area contributed by atoms with E-state index in [-0.39, 0.29) is 0 Å². The third-order valence-electron chi connectivity index (χ3n) is 7.70. The van der Waals surface area contributed by atoms with Crippen LogP contribution in [0.4, 0.5) is 0 Å². The maximum Gasteiger partial charge on any atom is 0.119 e. The number of ether oxygens (including phenoxy) is 2. The van der Waals surface area contributed by atoms with Crippen molar-refractivity contribution in [1.29, 1.82) is 0 Å². The van der Waals surface area contributed by atoms with Gasteiger partial charge in [-0.1, -0.05) is 58.8 Å². The molecule has 0 spiro atoms. The summed E-state index contributed by atoms with van der Waals surface area (Å²) in [6.45, 7) is 6.14. The second-order valence-electron chi connectivity index (χ2n) is 10.2. The lowest BCUT2D eigenvalue weighted by Gasteiger charge is -2.34. The Morgan fingerprint density at radius 2 is 1.35 bits per heavy atom. The van der Waals surface area contributed by atoms with Crippen LogP contribution >= 0.6 is 11.6 Å². The van der Waals surface area contributed by atoms with Crippen molar-refractivity contribution in [3.8, 4) is 11.5 Å². The van der Waals surface area contributed by atoms with Gasteiger partial charge in [0.25, 0.3) is 0 Å². The second kappa shape index (κ2) is 13.6. The molecule has 1 aromatic rings. The molecule has 176 valence electrons. The molecule has 2 saturated carbocycles. The number of unbranched alkanes of at least 4 members (excludes halogenated alkanes) is 1. The van der Waals surface area contributed by atoms with E-state index < -0.39 is 0 Å². The lowest BCUT2D eigenvalue weighted by Crippen LogP contribution is -2.26. The van der Waals surface area contributed by atoms with Gasteiger partial charge in [0.15, 0.2) is 0 Å². The minimum atomic E-state index is 0.401. The van der Waals surface area contributed by atoms with Crippen molar-refractivity contribution in [3.63, 3.8) is 0 Å². The number of rotatable bonds is 12. The van der Waals surface area contributed by atoms with Crippen LogP contribution in [0, 0.1) is 23.7 Å². The highest BCUT2D eigenvalue weighted by Gasteiger charge is 2.29. The van der Waals surface area contributed by atoms with Crippen LogP contribution in [0.1, 0.15) is 97.3 Å². The molecule has 2 nitrogen and oxygen atoms in total. The summed E-state index contributed by atoms with van der Waals surface area (Å²) >= 11 is 6.91. The number of benzene rings is 1. The largest absolute Gasteiger partial charge is 0.494 e. The lowest BCUT2D eigenvalue weighted by atomic mass is 9.75. The Morgan fingerprint density at radius 3 is 1.97 bits per heavy atom. The first-order chi connectivity index (χ1) is 15.2. The summed E-state index contributed by atoms with van der Waals surface area (Å²) in [4.78, 5) is 0. The van der Waals surface area contributed by atoms with E-state index in [1.807, 2.05) is 24.3 Å². The van der Waals surface area contributed by atoms with Crippen LogP contribution in [0.2, 0.25) is 0 Å². The normalized spacial score (nSPS) is 27.6. The Kier molecular flexibility index (Phi) is 10.9. The zero-order chi connectivity index (χ0) is 21.9. The smallest absolute Gasteiger partial charge is 0.119 e. The van der Waals surface area contributed by atoms with Gasteiger partial charge >= 0.3 is 0 Å². The summed E-state index contributed by atoms with van der Waals surface area (Å²) in [6.07, 6.45) is 17.0. The highest BCUT2D eigenvalue weighted by atomic mass is 35.5. The summed E-state index contributed by atoms with van der Waals surface area (Å²) in [7, 11) is 0. The van der Waals surface area contributed by atoms with Crippen LogP contribution in [0.5, 0.6) is 11.5 Å². The van der Waals surface area contributed by atoms with Crippen molar-refractivity contribution in [3.05, 3.63) is 24.3 Å². The van der Waals surface area contributed by atoms with Gasteiger partial charge in [-0.15, -0.1) is 11.6 Å². The van der Waals surface area contributed by atoms with Crippen molar-refractivity contribution in [2.45, 2.75) is 103 Å². The molecule has 0 bridgehead atoms.